The minimum absolute atomic E-state index is 0.0551. The highest BCUT2D eigenvalue weighted by Gasteiger charge is 2.17. The van der Waals surface area contributed by atoms with Crippen molar-refractivity contribution in [2.75, 3.05) is 25.5 Å². The Hall–Kier alpha value is -3.52. The van der Waals surface area contributed by atoms with E-state index in [1.165, 1.54) is 31.4 Å². The van der Waals surface area contributed by atoms with Crippen molar-refractivity contribution in [3.8, 4) is 11.5 Å². The highest BCUT2D eigenvalue weighted by Crippen LogP contribution is 2.26. The van der Waals surface area contributed by atoms with E-state index in [0.29, 0.717) is 23.5 Å². The first-order valence-electron chi connectivity index (χ1n) is 10.1. The van der Waals surface area contributed by atoms with Gasteiger partial charge in [0.1, 0.15) is 11.5 Å². The van der Waals surface area contributed by atoms with Gasteiger partial charge in [0.15, 0.2) is 0 Å². The largest absolute Gasteiger partial charge is 0.497 e. The summed E-state index contributed by atoms with van der Waals surface area (Å²) in [5, 5.41) is 2.86. The zero-order valence-corrected chi connectivity index (χ0v) is 18.8. The van der Waals surface area contributed by atoms with Crippen molar-refractivity contribution in [2.45, 2.75) is 17.7 Å². The van der Waals surface area contributed by atoms with Crippen molar-refractivity contribution in [3.05, 3.63) is 83.9 Å². The molecule has 168 valence electrons. The van der Waals surface area contributed by atoms with Gasteiger partial charge in [-0.2, -0.15) is 0 Å². The highest BCUT2D eigenvalue weighted by atomic mass is 32.2. The minimum Gasteiger partial charge on any atom is -0.497 e. The Morgan fingerprint density at radius 1 is 0.875 bits per heavy atom. The molecule has 0 heterocycles. The van der Waals surface area contributed by atoms with Crippen LogP contribution in [0.4, 0.5) is 5.69 Å². The van der Waals surface area contributed by atoms with Crippen LogP contribution in [0.15, 0.2) is 77.7 Å². The number of methoxy groups -OCH3 is 2. The number of hydrogen-bond acceptors (Lipinski definition) is 5. The summed E-state index contributed by atoms with van der Waals surface area (Å²) in [4.78, 5) is 12.4. The van der Waals surface area contributed by atoms with Crippen LogP contribution < -0.4 is 19.5 Å². The van der Waals surface area contributed by atoms with E-state index in [-0.39, 0.29) is 10.8 Å². The lowest BCUT2D eigenvalue weighted by Gasteiger charge is -2.12. The lowest BCUT2D eigenvalue weighted by atomic mass is 10.1. The molecule has 0 aliphatic rings. The van der Waals surface area contributed by atoms with E-state index in [2.05, 4.69) is 10.0 Å². The average Bonchev–Trinajstić information content (AvgIpc) is 2.82. The van der Waals surface area contributed by atoms with Crippen LogP contribution in [0.3, 0.4) is 0 Å². The number of para-hydroxylation sites is 2. The standard InChI is InChI=1S/C24H26N2O5S/c1-30-20-13-9-18(10-14-20)6-5-17-25-24(27)19-11-15-21(16-12-19)32(28,29)26-22-7-3-4-8-23(22)31-2/h3-4,7-16,26H,5-6,17H2,1-2H3,(H,25,27). The Morgan fingerprint density at radius 3 is 2.22 bits per heavy atom. The molecule has 3 aromatic carbocycles. The predicted molar refractivity (Wildman–Crippen MR) is 124 cm³/mol. The molecule has 3 rings (SSSR count). The molecule has 0 aliphatic carbocycles. The molecule has 0 bridgehead atoms. The Bertz CT molecular complexity index is 1140. The Balaban J connectivity index is 1.54. The van der Waals surface area contributed by atoms with Crippen molar-refractivity contribution in [2.24, 2.45) is 0 Å². The number of rotatable bonds is 10. The normalized spacial score (nSPS) is 10.9. The molecule has 0 saturated heterocycles. The van der Waals surface area contributed by atoms with Gasteiger partial charge in [0.25, 0.3) is 15.9 Å². The number of aryl methyl sites for hydroxylation is 1. The van der Waals surface area contributed by atoms with Crippen LogP contribution in [0.2, 0.25) is 0 Å². The van der Waals surface area contributed by atoms with E-state index in [0.717, 1.165) is 24.2 Å². The number of carbonyl (C=O) groups excluding carboxylic acids is 1. The third-order valence-corrected chi connectivity index (χ3v) is 6.25. The number of anilines is 1. The van der Waals surface area contributed by atoms with Crippen molar-refractivity contribution in [1.82, 2.24) is 5.32 Å². The van der Waals surface area contributed by atoms with Gasteiger partial charge in [-0.15, -0.1) is 0 Å². The molecular formula is C24H26N2O5S. The van der Waals surface area contributed by atoms with Crippen LogP contribution in [-0.2, 0) is 16.4 Å². The van der Waals surface area contributed by atoms with Crippen molar-refractivity contribution >= 4 is 21.6 Å². The van der Waals surface area contributed by atoms with E-state index in [1.807, 2.05) is 24.3 Å². The fourth-order valence-electron chi connectivity index (χ4n) is 3.11. The van der Waals surface area contributed by atoms with E-state index >= 15 is 0 Å². The second-order valence-corrected chi connectivity index (χ2v) is 8.72. The first-order chi connectivity index (χ1) is 15.4. The van der Waals surface area contributed by atoms with Gasteiger partial charge in [0.05, 0.1) is 24.8 Å². The second-order valence-electron chi connectivity index (χ2n) is 7.04. The van der Waals surface area contributed by atoms with Gasteiger partial charge >= 0.3 is 0 Å². The summed E-state index contributed by atoms with van der Waals surface area (Å²) in [6, 6.07) is 20.4. The lowest BCUT2D eigenvalue weighted by molar-refractivity contribution is 0.0953. The molecule has 0 saturated carbocycles. The molecule has 7 nitrogen and oxygen atoms in total. The van der Waals surface area contributed by atoms with Crippen LogP contribution in [0, 0.1) is 0 Å². The molecular weight excluding hydrogens is 428 g/mol. The smallest absolute Gasteiger partial charge is 0.262 e. The summed E-state index contributed by atoms with van der Waals surface area (Å²) in [6.45, 7) is 0.514. The van der Waals surface area contributed by atoms with E-state index in [1.54, 1.807) is 31.4 Å². The third kappa shape index (κ3) is 6.01. The SMILES string of the molecule is COc1ccc(CCCNC(=O)c2ccc(S(=O)(=O)Nc3ccccc3OC)cc2)cc1. The molecule has 3 aromatic rings. The van der Waals surface area contributed by atoms with Crippen molar-refractivity contribution < 1.29 is 22.7 Å². The molecule has 0 unspecified atom stereocenters. The molecule has 32 heavy (non-hydrogen) atoms. The van der Waals surface area contributed by atoms with Crippen LogP contribution >= 0.6 is 0 Å². The van der Waals surface area contributed by atoms with E-state index in [9.17, 15) is 13.2 Å². The summed E-state index contributed by atoms with van der Waals surface area (Å²) in [5.41, 5.74) is 1.90. The average molecular weight is 455 g/mol. The lowest BCUT2D eigenvalue weighted by Crippen LogP contribution is -2.24. The molecule has 2 N–H and O–H groups in total. The summed E-state index contributed by atoms with van der Waals surface area (Å²) in [5.74, 6) is 0.980. The molecule has 0 spiro atoms. The second kappa shape index (κ2) is 10.7. The van der Waals surface area contributed by atoms with Crippen LogP contribution in [0.5, 0.6) is 11.5 Å². The molecule has 8 heteroatoms. The summed E-state index contributed by atoms with van der Waals surface area (Å²) in [7, 11) is -0.717. The molecule has 0 aliphatic heterocycles. The number of nitrogens with one attached hydrogen (secondary N) is 2. The maximum Gasteiger partial charge on any atom is 0.262 e. The summed E-state index contributed by atoms with van der Waals surface area (Å²) in [6.07, 6.45) is 1.61. The third-order valence-electron chi connectivity index (χ3n) is 4.86. The van der Waals surface area contributed by atoms with Gasteiger partial charge < -0.3 is 14.8 Å². The number of hydrogen-bond donors (Lipinski definition) is 2. The maximum atomic E-state index is 12.7. The summed E-state index contributed by atoms with van der Waals surface area (Å²) >= 11 is 0. The minimum atomic E-state index is -3.82. The topological polar surface area (TPSA) is 93.7 Å². The number of ether oxygens (including phenoxy) is 2. The first kappa shape index (κ1) is 23.1. The van der Waals surface area contributed by atoms with Gasteiger partial charge in [0, 0.05) is 12.1 Å². The van der Waals surface area contributed by atoms with E-state index in [4.69, 9.17) is 9.47 Å². The van der Waals surface area contributed by atoms with Crippen molar-refractivity contribution in [1.29, 1.82) is 0 Å². The van der Waals surface area contributed by atoms with Crippen LogP contribution in [-0.4, -0.2) is 35.1 Å². The fourth-order valence-corrected chi connectivity index (χ4v) is 4.18. The number of sulfonamides is 1. The van der Waals surface area contributed by atoms with Gasteiger partial charge in [-0.3, -0.25) is 9.52 Å². The maximum absolute atomic E-state index is 12.7. The number of amides is 1. The number of carbonyl (C=O) groups is 1. The van der Waals surface area contributed by atoms with Gasteiger partial charge in [0.2, 0.25) is 0 Å². The predicted octanol–water partition coefficient (Wildman–Crippen LogP) is 3.87. The summed E-state index contributed by atoms with van der Waals surface area (Å²) < 4.78 is 38.1. The van der Waals surface area contributed by atoms with E-state index < -0.39 is 10.0 Å². The Labute approximate surface area is 188 Å². The van der Waals surface area contributed by atoms with Gasteiger partial charge in [-0.1, -0.05) is 24.3 Å². The monoisotopic (exact) mass is 454 g/mol. The zero-order chi connectivity index (χ0) is 23.0. The van der Waals surface area contributed by atoms with Gasteiger partial charge in [-0.05, 0) is 66.9 Å². The van der Waals surface area contributed by atoms with Crippen LogP contribution in [0.25, 0.3) is 0 Å². The number of benzene rings is 3. The zero-order valence-electron chi connectivity index (χ0n) is 18.0. The quantitative estimate of drug-likeness (QED) is 0.454. The van der Waals surface area contributed by atoms with Crippen LogP contribution in [0.1, 0.15) is 22.3 Å². The van der Waals surface area contributed by atoms with Crippen molar-refractivity contribution in [3.63, 3.8) is 0 Å². The fraction of sp³-hybridized carbons (Fsp3) is 0.208. The highest BCUT2D eigenvalue weighted by molar-refractivity contribution is 7.92. The Kier molecular flexibility index (Phi) is 7.72. The molecule has 0 fully saturated rings. The van der Waals surface area contributed by atoms with Gasteiger partial charge in [-0.25, -0.2) is 8.42 Å². The molecule has 0 aromatic heterocycles. The first-order valence-corrected chi connectivity index (χ1v) is 11.6. The molecule has 0 atom stereocenters. The molecule has 1 amide bonds. The molecule has 0 radical (unpaired) electrons. The Morgan fingerprint density at radius 2 is 1.56 bits per heavy atom.